The molecular formula is C38H75NO8P+. The smallest absolute Gasteiger partial charge is 0.462 e. The first-order chi connectivity index (χ1) is 23.0. The standard InChI is InChI=1S/C38H74NO8P/c1-6-8-10-12-14-16-17-18-19-20-21-23-25-27-29-31-38(41)47-36(35-46-48(42,43)45-33-32-39(3,4)5)34-44-37(40)30-28-26-24-22-15-13-11-9-7-2/h25,27,36H,6-24,26,28-35H2,1-5H3/p+1/b27-25+/t36-/m1/s1. The Bertz CT molecular complexity index is 845. The Morgan fingerprint density at radius 1 is 0.625 bits per heavy atom. The summed E-state index contributed by atoms with van der Waals surface area (Å²) in [4.78, 5) is 35.1. The third-order valence-corrected chi connectivity index (χ3v) is 9.29. The Balaban J connectivity index is 4.45. The largest absolute Gasteiger partial charge is 0.472 e. The normalized spacial score (nSPS) is 13.9. The molecule has 10 heteroatoms. The molecule has 9 nitrogen and oxygen atoms in total. The van der Waals surface area contributed by atoms with Crippen molar-refractivity contribution in [3.8, 4) is 0 Å². The predicted octanol–water partition coefficient (Wildman–Crippen LogP) is 10.2. The van der Waals surface area contributed by atoms with Crippen molar-refractivity contribution in [2.24, 2.45) is 0 Å². The molecule has 0 aromatic rings. The van der Waals surface area contributed by atoms with Crippen LogP contribution < -0.4 is 0 Å². The van der Waals surface area contributed by atoms with Crippen molar-refractivity contribution in [1.82, 2.24) is 0 Å². The number of nitrogens with zero attached hydrogens (tertiary/aromatic N) is 1. The van der Waals surface area contributed by atoms with Gasteiger partial charge in [0.05, 0.1) is 27.7 Å². The van der Waals surface area contributed by atoms with Crippen molar-refractivity contribution < 1.29 is 42.1 Å². The van der Waals surface area contributed by atoms with Gasteiger partial charge in [-0.15, -0.1) is 0 Å². The number of quaternary nitrogens is 1. The Hall–Kier alpha value is -1.25. The lowest BCUT2D eigenvalue weighted by molar-refractivity contribution is -0.870. The molecule has 0 saturated carbocycles. The number of phosphoric ester groups is 1. The van der Waals surface area contributed by atoms with Gasteiger partial charge >= 0.3 is 19.8 Å². The number of likely N-dealkylation sites (N-methyl/N-ethyl adjacent to an activating group) is 1. The van der Waals surface area contributed by atoms with Crippen molar-refractivity contribution in [3.63, 3.8) is 0 Å². The van der Waals surface area contributed by atoms with Crippen molar-refractivity contribution >= 4 is 19.8 Å². The fraction of sp³-hybridized carbons (Fsp3) is 0.895. The summed E-state index contributed by atoms with van der Waals surface area (Å²) in [6.45, 7) is 4.35. The van der Waals surface area contributed by atoms with E-state index in [1.54, 1.807) is 0 Å². The van der Waals surface area contributed by atoms with Crippen LogP contribution in [0.25, 0.3) is 0 Å². The first-order valence-corrected chi connectivity index (χ1v) is 20.9. The molecule has 48 heavy (non-hydrogen) atoms. The maximum absolute atomic E-state index is 12.6. The van der Waals surface area contributed by atoms with Gasteiger partial charge in [-0.3, -0.25) is 18.6 Å². The van der Waals surface area contributed by atoms with E-state index >= 15 is 0 Å². The van der Waals surface area contributed by atoms with Gasteiger partial charge in [0.1, 0.15) is 19.8 Å². The van der Waals surface area contributed by atoms with Crippen molar-refractivity contribution in [3.05, 3.63) is 12.2 Å². The fourth-order valence-corrected chi connectivity index (χ4v) is 5.95. The SMILES string of the molecule is CCCCCCCCCCCCC/C=C/CCC(=O)O[C@H](COC(=O)CCCCCCCCCCC)COP(=O)(O)OCC[N+](C)(C)C. The zero-order chi connectivity index (χ0) is 35.8. The summed E-state index contributed by atoms with van der Waals surface area (Å²) in [5.74, 6) is -0.854. The molecule has 0 bridgehead atoms. The third kappa shape index (κ3) is 34.6. The molecule has 0 aliphatic rings. The van der Waals surface area contributed by atoms with Crippen molar-refractivity contribution in [2.45, 2.75) is 174 Å². The highest BCUT2D eigenvalue weighted by Crippen LogP contribution is 2.43. The third-order valence-electron chi connectivity index (χ3n) is 8.31. The molecule has 0 aliphatic heterocycles. The molecule has 0 heterocycles. The van der Waals surface area contributed by atoms with Crippen LogP contribution in [0, 0.1) is 0 Å². The molecule has 0 aromatic carbocycles. The number of rotatable bonds is 35. The molecule has 0 radical (unpaired) electrons. The number of esters is 2. The Kier molecular flexibility index (Phi) is 30.9. The minimum absolute atomic E-state index is 0.0288. The average Bonchev–Trinajstić information content (AvgIpc) is 3.02. The molecule has 1 N–H and O–H groups in total. The summed E-state index contributed by atoms with van der Waals surface area (Å²) in [5, 5.41) is 0. The van der Waals surface area contributed by atoms with Gasteiger partial charge in [-0.05, 0) is 25.7 Å². The predicted molar refractivity (Wildman–Crippen MR) is 197 cm³/mol. The van der Waals surface area contributed by atoms with Crippen LogP contribution in [0.5, 0.6) is 0 Å². The van der Waals surface area contributed by atoms with E-state index in [1.807, 2.05) is 27.2 Å². The lowest BCUT2D eigenvalue weighted by Gasteiger charge is -2.24. The number of carbonyl (C=O) groups is 2. The summed E-state index contributed by atoms with van der Waals surface area (Å²) in [6, 6.07) is 0. The maximum Gasteiger partial charge on any atom is 0.472 e. The van der Waals surface area contributed by atoms with E-state index in [0.717, 1.165) is 32.1 Å². The highest BCUT2D eigenvalue weighted by atomic mass is 31.2. The first-order valence-electron chi connectivity index (χ1n) is 19.4. The van der Waals surface area contributed by atoms with Crippen LogP contribution >= 0.6 is 7.82 Å². The highest BCUT2D eigenvalue weighted by molar-refractivity contribution is 7.47. The quantitative estimate of drug-likeness (QED) is 0.0228. The van der Waals surface area contributed by atoms with Gasteiger partial charge in [0, 0.05) is 12.8 Å². The number of unbranched alkanes of at least 4 members (excludes halogenated alkanes) is 19. The number of carbonyl (C=O) groups excluding carboxylic acids is 2. The lowest BCUT2D eigenvalue weighted by atomic mass is 10.1. The number of hydrogen-bond donors (Lipinski definition) is 1. The molecule has 0 saturated heterocycles. The van der Waals surface area contributed by atoms with Gasteiger partial charge in [-0.2, -0.15) is 0 Å². The first kappa shape index (κ1) is 46.8. The number of hydrogen-bond acceptors (Lipinski definition) is 7. The van der Waals surface area contributed by atoms with Crippen LogP contribution in [0.1, 0.15) is 168 Å². The summed E-state index contributed by atoms with van der Waals surface area (Å²) >= 11 is 0. The van der Waals surface area contributed by atoms with Crippen LogP contribution in [0.2, 0.25) is 0 Å². The molecular weight excluding hydrogens is 629 g/mol. The van der Waals surface area contributed by atoms with Gasteiger partial charge in [0.15, 0.2) is 6.10 Å². The van der Waals surface area contributed by atoms with E-state index in [9.17, 15) is 19.0 Å². The van der Waals surface area contributed by atoms with Gasteiger partial charge in [0.2, 0.25) is 0 Å². The number of allylic oxidation sites excluding steroid dienone is 2. The second kappa shape index (κ2) is 31.7. The molecule has 0 amide bonds. The van der Waals surface area contributed by atoms with Crippen molar-refractivity contribution in [2.75, 3.05) is 47.5 Å². The second-order valence-corrected chi connectivity index (χ2v) is 15.8. The monoisotopic (exact) mass is 705 g/mol. The van der Waals surface area contributed by atoms with Crippen molar-refractivity contribution in [1.29, 1.82) is 0 Å². The number of ether oxygens (including phenoxy) is 2. The van der Waals surface area contributed by atoms with E-state index in [-0.39, 0.29) is 32.0 Å². The molecule has 284 valence electrons. The van der Waals surface area contributed by atoms with E-state index in [0.29, 0.717) is 17.4 Å². The number of phosphoric acid groups is 1. The Morgan fingerprint density at radius 2 is 1.10 bits per heavy atom. The lowest BCUT2D eigenvalue weighted by Crippen LogP contribution is -2.37. The summed E-state index contributed by atoms with van der Waals surface area (Å²) in [7, 11) is 1.46. The van der Waals surface area contributed by atoms with Crippen LogP contribution in [0.3, 0.4) is 0 Å². The average molecular weight is 705 g/mol. The van der Waals surface area contributed by atoms with Crippen LogP contribution in [0.4, 0.5) is 0 Å². The van der Waals surface area contributed by atoms with Crippen LogP contribution in [-0.4, -0.2) is 74.9 Å². The fourth-order valence-electron chi connectivity index (χ4n) is 5.21. The van der Waals surface area contributed by atoms with Gasteiger partial charge in [-0.25, -0.2) is 4.57 Å². The zero-order valence-corrected chi connectivity index (χ0v) is 32.6. The van der Waals surface area contributed by atoms with Crippen LogP contribution in [0.15, 0.2) is 12.2 Å². The molecule has 0 fully saturated rings. The molecule has 1 unspecified atom stereocenters. The molecule has 0 spiro atoms. The maximum atomic E-state index is 12.6. The molecule has 0 aromatic heterocycles. The van der Waals surface area contributed by atoms with Gasteiger partial charge in [0.25, 0.3) is 0 Å². The van der Waals surface area contributed by atoms with E-state index in [4.69, 9.17) is 18.5 Å². The molecule has 2 atom stereocenters. The molecule has 0 rings (SSSR count). The van der Waals surface area contributed by atoms with Gasteiger partial charge < -0.3 is 18.9 Å². The summed E-state index contributed by atoms with van der Waals surface area (Å²) < 4.78 is 34.0. The Morgan fingerprint density at radius 3 is 1.62 bits per heavy atom. The molecule has 0 aliphatic carbocycles. The van der Waals surface area contributed by atoms with E-state index in [2.05, 4.69) is 19.9 Å². The van der Waals surface area contributed by atoms with Gasteiger partial charge in [-0.1, -0.05) is 142 Å². The minimum Gasteiger partial charge on any atom is -0.462 e. The minimum atomic E-state index is -4.37. The Labute approximate surface area is 295 Å². The highest BCUT2D eigenvalue weighted by Gasteiger charge is 2.27. The second-order valence-electron chi connectivity index (χ2n) is 14.3. The topological polar surface area (TPSA) is 108 Å². The van der Waals surface area contributed by atoms with E-state index < -0.39 is 26.5 Å². The van der Waals surface area contributed by atoms with E-state index in [1.165, 1.54) is 103 Å². The summed E-state index contributed by atoms with van der Waals surface area (Å²) in [6.07, 6.45) is 29.9. The van der Waals surface area contributed by atoms with Crippen LogP contribution in [-0.2, 0) is 32.7 Å². The zero-order valence-electron chi connectivity index (χ0n) is 31.7. The summed E-state index contributed by atoms with van der Waals surface area (Å²) in [5.41, 5.74) is 0.